The topological polar surface area (TPSA) is 110 Å². The molecule has 34 heavy (non-hydrogen) atoms. The van der Waals surface area contributed by atoms with E-state index in [0.29, 0.717) is 23.9 Å². The summed E-state index contributed by atoms with van der Waals surface area (Å²) in [6, 6.07) is 14.3. The first-order chi connectivity index (χ1) is 16.5. The van der Waals surface area contributed by atoms with Gasteiger partial charge in [-0.1, -0.05) is 36.0 Å². The molecule has 11 heteroatoms. The third-order valence-corrected chi connectivity index (χ3v) is 8.56. The minimum absolute atomic E-state index is 0.0721. The maximum absolute atomic E-state index is 12.8. The number of hydrogen-bond acceptors (Lipinski definition) is 7. The molecule has 0 atom stereocenters. The van der Waals surface area contributed by atoms with Crippen LogP contribution in [0.15, 0.2) is 58.6 Å². The van der Waals surface area contributed by atoms with Crippen LogP contribution in [-0.2, 0) is 21.4 Å². The zero-order valence-electron chi connectivity index (χ0n) is 18.6. The summed E-state index contributed by atoms with van der Waals surface area (Å²) in [5.74, 6) is -0.205. The lowest BCUT2D eigenvalue weighted by Gasteiger charge is -2.16. The lowest BCUT2D eigenvalue weighted by molar-refractivity contribution is -0.113. The Hall–Kier alpha value is -3.02. The van der Waals surface area contributed by atoms with Crippen LogP contribution in [0.3, 0.4) is 0 Å². The van der Waals surface area contributed by atoms with E-state index in [9.17, 15) is 13.2 Å². The standard InChI is InChI=1S/C23H24N6O3S2/c1-2-29-19-11-4-3-10-18(19)21-22(29)25-23(27-26-21)33-15-20(30)24-16-8-7-9-17(14-16)34(31,32)28-12-5-6-13-28/h3-4,7-11,14H,2,5-6,12-13,15H2,1H3,(H,24,30). The molecule has 4 aromatic rings. The van der Waals surface area contributed by atoms with Gasteiger partial charge in [0.15, 0.2) is 5.65 Å². The van der Waals surface area contributed by atoms with Crippen molar-refractivity contribution in [3.63, 3.8) is 0 Å². The lowest BCUT2D eigenvalue weighted by Crippen LogP contribution is -2.28. The molecule has 1 saturated heterocycles. The summed E-state index contributed by atoms with van der Waals surface area (Å²) in [6.07, 6.45) is 1.74. The van der Waals surface area contributed by atoms with Crippen molar-refractivity contribution < 1.29 is 13.2 Å². The van der Waals surface area contributed by atoms with Crippen LogP contribution in [0.2, 0.25) is 0 Å². The van der Waals surface area contributed by atoms with Crippen molar-refractivity contribution in [1.82, 2.24) is 24.1 Å². The summed E-state index contributed by atoms with van der Waals surface area (Å²) in [5, 5.41) is 12.7. The van der Waals surface area contributed by atoms with Gasteiger partial charge in [0.1, 0.15) is 5.52 Å². The zero-order valence-corrected chi connectivity index (χ0v) is 20.3. The van der Waals surface area contributed by atoms with Crippen molar-refractivity contribution in [2.75, 3.05) is 24.2 Å². The molecule has 2 aromatic carbocycles. The van der Waals surface area contributed by atoms with Crippen LogP contribution in [-0.4, -0.2) is 57.2 Å². The number of benzene rings is 2. The molecule has 9 nitrogen and oxygen atoms in total. The van der Waals surface area contributed by atoms with Crippen LogP contribution >= 0.6 is 11.8 Å². The quantitative estimate of drug-likeness (QED) is 0.390. The first kappa shape index (κ1) is 22.8. The first-order valence-electron chi connectivity index (χ1n) is 11.1. The summed E-state index contributed by atoms with van der Waals surface area (Å²) in [6.45, 7) is 3.85. The van der Waals surface area contributed by atoms with Gasteiger partial charge in [-0.15, -0.1) is 10.2 Å². The summed E-state index contributed by atoms with van der Waals surface area (Å²) in [5.41, 5.74) is 2.96. The molecule has 0 saturated carbocycles. The lowest BCUT2D eigenvalue weighted by atomic mass is 10.2. The number of aryl methyl sites for hydroxylation is 1. The molecular formula is C23H24N6O3S2. The average Bonchev–Trinajstić information content (AvgIpc) is 3.50. The van der Waals surface area contributed by atoms with Gasteiger partial charge in [0.25, 0.3) is 0 Å². The van der Waals surface area contributed by atoms with E-state index in [0.717, 1.165) is 41.5 Å². The molecule has 0 bridgehead atoms. The predicted octanol–water partition coefficient (Wildman–Crippen LogP) is 3.51. The fourth-order valence-electron chi connectivity index (χ4n) is 4.21. The monoisotopic (exact) mass is 496 g/mol. The number of amides is 1. The van der Waals surface area contributed by atoms with Gasteiger partial charge in [-0.3, -0.25) is 4.79 Å². The normalized spacial score (nSPS) is 14.7. The number of hydrogen-bond donors (Lipinski definition) is 1. The van der Waals surface area contributed by atoms with E-state index >= 15 is 0 Å². The van der Waals surface area contributed by atoms with Crippen molar-refractivity contribution in [3.8, 4) is 0 Å². The van der Waals surface area contributed by atoms with Gasteiger partial charge >= 0.3 is 0 Å². The molecule has 1 fully saturated rings. The van der Waals surface area contributed by atoms with Gasteiger partial charge in [-0.25, -0.2) is 13.4 Å². The van der Waals surface area contributed by atoms with E-state index in [1.54, 1.807) is 18.2 Å². The number of sulfonamides is 1. The van der Waals surface area contributed by atoms with Gasteiger partial charge in [0.2, 0.25) is 21.1 Å². The van der Waals surface area contributed by atoms with Gasteiger partial charge in [-0.2, -0.15) is 4.31 Å². The van der Waals surface area contributed by atoms with Crippen LogP contribution < -0.4 is 5.32 Å². The maximum atomic E-state index is 12.8. The minimum atomic E-state index is -3.54. The number of rotatable bonds is 7. The van der Waals surface area contributed by atoms with Crippen molar-refractivity contribution in [1.29, 1.82) is 0 Å². The summed E-state index contributed by atoms with van der Waals surface area (Å²) in [7, 11) is -3.54. The summed E-state index contributed by atoms with van der Waals surface area (Å²) >= 11 is 1.19. The molecule has 1 aliphatic heterocycles. The van der Waals surface area contributed by atoms with E-state index in [4.69, 9.17) is 0 Å². The largest absolute Gasteiger partial charge is 0.325 e. The van der Waals surface area contributed by atoms with Crippen molar-refractivity contribution in [2.24, 2.45) is 0 Å². The Balaban J connectivity index is 1.29. The number of nitrogens with zero attached hydrogens (tertiary/aromatic N) is 5. The molecule has 0 unspecified atom stereocenters. The van der Waals surface area contributed by atoms with E-state index in [1.165, 1.54) is 22.1 Å². The molecule has 0 spiro atoms. The third kappa shape index (κ3) is 4.26. The zero-order chi connectivity index (χ0) is 23.7. The highest BCUT2D eigenvalue weighted by atomic mass is 32.2. The third-order valence-electron chi connectivity index (χ3n) is 5.82. The second kappa shape index (κ2) is 9.32. The Morgan fingerprint density at radius 1 is 1.09 bits per heavy atom. The molecule has 1 amide bonds. The summed E-state index contributed by atoms with van der Waals surface area (Å²) in [4.78, 5) is 17.4. The van der Waals surface area contributed by atoms with Gasteiger partial charge in [0.05, 0.1) is 16.2 Å². The van der Waals surface area contributed by atoms with Crippen molar-refractivity contribution in [2.45, 2.75) is 36.4 Å². The van der Waals surface area contributed by atoms with Crippen LogP contribution in [0.5, 0.6) is 0 Å². The van der Waals surface area contributed by atoms with Crippen LogP contribution in [0.4, 0.5) is 5.69 Å². The summed E-state index contributed by atoms with van der Waals surface area (Å²) < 4.78 is 29.1. The highest BCUT2D eigenvalue weighted by Crippen LogP contribution is 2.27. The van der Waals surface area contributed by atoms with E-state index in [-0.39, 0.29) is 16.6 Å². The SMILES string of the molecule is CCn1c2ccccc2c2nnc(SCC(=O)Nc3cccc(S(=O)(=O)N4CCCC4)c3)nc21. The number of fused-ring (bicyclic) bond motifs is 3. The average molecular weight is 497 g/mol. The molecule has 0 aliphatic carbocycles. The van der Waals surface area contributed by atoms with E-state index in [2.05, 4.69) is 25.1 Å². The Bertz CT molecular complexity index is 1480. The number of carbonyl (C=O) groups is 1. The van der Waals surface area contributed by atoms with Crippen molar-refractivity contribution in [3.05, 3.63) is 48.5 Å². The molecule has 1 aliphatic rings. The van der Waals surface area contributed by atoms with Crippen LogP contribution in [0.25, 0.3) is 22.1 Å². The Morgan fingerprint density at radius 2 is 1.88 bits per heavy atom. The molecule has 5 rings (SSSR count). The molecule has 1 N–H and O–H groups in total. The van der Waals surface area contributed by atoms with Gasteiger partial charge < -0.3 is 9.88 Å². The number of thioether (sulfide) groups is 1. The van der Waals surface area contributed by atoms with Gasteiger partial charge in [0, 0.05) is 30.7 Å². The maximum Gasteiger partial charge on any atom is 0.243 e. The van der Waals surface area contributed by atoms with E-state index in [1.807, 2.05) is 31.2 Å². The number of aromatic nitrogens is 4. The Kier molecular flexibility index (Phi) is 6.24. The number of para-hydroxylation sites is 1. The fraction of sp³-hybridized carbons (Fsp3) is 0.304. The first-order valence-corrected chi connectivity index (χ1v) is 13.5. The number of anilines is 1. The van der Waals surface area contributed by atoms with Crippen LogP contribution in [0, 0.1) is 0 Å². The fourth-order valence-corrected chi connectivity index (χ4v) is 6.35. The predicted molar refractivity (Wildman–Crippen MR) is 132 cm³/mol. The van der Waals surface area contributed by atoms with E-state index < -0.39 is 10.0 Å². The molecular weight excluding hydrogens is 472 g/mol. The van der Waals surface area contributed by atoms with Crippen LogP contribution in [0.1, 0.15) is 19.8 Å². The minimum Gasteiger partial charge on any atom is -0.325 e. The number of nitrogens with one attached hydrogen (secondary N) is 1. The second-order valence-electron chi connectivity index (χ2n) is 8.00. The molecule has 0 radical (unpaired) electrons. The molecule has 2 aromatic heterocycles. The Morgan fingerprint density at radius 3 is 2.68 bits per heavy atom. The second-order valence-corrected chi connectivity index (χ2v) is 10.9. The smallest absolute Gasteiger partial charge is 0.243 e. The number of carbonyl (C=O) groups excluding carboxylic acids is 1. The van der Waals surface area contributed by atoms with Gasteiger partial charge in [-0.05, 0) is 44.0 Å². The Labute approximate surface area is 201 Å². The molecule has 3 heterocycles. The highest BCUT2D eigenvalue weighted by Gasteiger charge is 2.27. The highest BCUT2D eigenvalue weighted by molar-refractivity contribution is 7.99. The van der Waals surface area contributed by atoms with Crippen molar-refractivity contribution >= 4 is 55.4 Å². The molecule has 176 valence electrons.